The van der Waals surface area contributed by atoms with Crippen molar-refractivity contribution in [1.29, 1.82) is 5.26 Å². The van der Waals surface area contributed by atoms with E-state index in [1.807, 2.05) is 71.1 Å². The van der Waals surface area contributed by atoms with Gasteiger partial charge in [-0.25, -0.2) is 0 Å². The fourth-order valence-electron chi connectivity index (χ4n) is 3.61. The van der Waals surface area contributed by atoms with Gasteiger partial charge in [-0.15, -0.1) is 6.58 Å². The molecule has 0 fully saturated rings. The van der Waals surface area contributed by atoms with E-state index in [9.17, 15) is 10.1 Å². The highest BCUT2D eigenvalue weighted by Gasteiger charge is 2.21. The molecule has 0 aliphatic carbocycles. The van der Waals surface area contributed by atoms with E-state index in [2.05, 4.69) is 28.6 Å². The van der Waals surface area contributed by atoms with Crippen molar-refractivity contribution in [2.24, 2.45) is 7.05 Å². The Bertz CT molecular complexity index is 1080. The molecule has 0 N–H and O–H groups in total. The molecule has 2 aromatic carbocycles. The van der Waals surface area contributed by atoms with Crippen LogP contribution in [0.1, 0.15) is 29.7 Å². The molecule has 0 bridgehead atoms. The first-order valence-electron chi connectivity index (χ1n) is 9.65. The van der Waals surface area contributed by atoms with Gasteiger partial charge in [-0.1, -0.05) is 58.4 Å². The number of unbranched alkanes of at least 4 members (excludes halogenated alkanes) is 1. The summed E-state index contributed by atoms with van der Waals surface area (Å²) in [6.07, 6.45) is 3.81. The van der Waals surface area contributed by atoms with E-state index in [-0.39, 0.29) is 12.3 Å². The number of aryl methyl sites for hydroxylation is 1. The summed E-state index contributed by atoms with van der Waals surface area (Å²) in [5.41, 5.74) is 3.39. The van der Waals surface area contributed by atoms with Crippen LogP contribution in [-0.4, -0.2) is 21.9 Å². The van der Waals surface area contributed by atoms with Gasteiger partial charge >= 0.3 is 0 Å². The van der Waals surface area contributed by atoms with E-state index >= 15 is 0 Å². The fraction of sp³-hybridized carbons (Fsp3) is 0.250. The number of hydrogen-bond donors (Lipinski definition) is 0. The van der Waals surface area contributed by atoms with Crippen molar-refractivity contribution >= 4 is 32.7 Å². The van der Waals surface area contributed by atoms with Crippen LogP contribution in [0.3, 0.4) is 0 Å². The number of benzene rings is 2. The molecule has 0 aliphatic rings. The molecule has 3 rings (SSSR count). The second-order valence-electron chi connectivity index (χ2n) is 7.03. The molecule has 0 saturated heterocycles. The molecule has 0 saturated carbocycles. The second-order valence-corrected chi connectivity index (χ2v) is 7.88. The number of carbonyl (C=O) groups is 1. The zero-order valence-electron chi connectivity index (χ0n) is 16.6. The molecule has 148 valence electrons. The highest BCUT2D eigenvalue weighted by Crippen LogP contribution is 2.26. The molecule has 0 atom stereocenters. The van der Waals surface area contributed by atoms with Crippen molar-refractivity contribution in [3.63, 3.8) is 0 Å². The van der Waals surface area contributed by atoms with Crippen molar-refractivity contribution in [3.05, 3.63) is 82.5 Å². The molecule has 4 nitrogen and oxygen atoms in total. The van der Waals surface area contributed by atoms with Crippen molar-refractivity contribution < 1.29 is 4.79 Å². The van der Waals surface area contributed by atoms with Gasteiger partial charge in [-0.05, 0) is 30.5 Å². The van der Waals surface area contributed by atoms with Gasteiger partial charge in [0, 0.05) is 41.1 Å². The Hall–Kier alpha value is -2.84. The maximum Gasteiger partial charge on any atom is 0.227 e. The Kier molecular flexibility index (Phi) is 6.90. The van der Waals surface area contributed by atoms with E-state index in [0.29, 0.717) is 18.8 Å². The number of carbonyl (C=O) groups excluding carboxylic acids is 1. The third-order valence-electron chi connectivity index (χ3n) is 5.15. The van der Waals surface area contributed by atoms with Gasteiger partial charge in [0.05, 0.1) is 6.42 Å². The van der Waals surface area contributed by atoms with Crippen LogP contribution in [-0.2, 0) is 24.8 Å². The number of para-hydroxylation sites is 1. The van der Waals surface area contributed by atoms with Crippen LogP contribution in [0, 0.1) is 11.3 Å². The highest BCUT2D eigenvalue weighted by molar-refractivity contribution is 9.10. The number of amides is 1. The van der Waals surface area contributed by atoms with Gasteiger partial charge in [0.2, 0.25) is 5.91 Å². The molecule has 5 heteroatoms. The minimum atomic E-state index is 0.0256. The minimum absolute atomic E-state index is 0.0256. The van der Waals surface area contributed by atoms with Gasteiger partial charge in [-0.2, -0.15) is 5.26 Å². The Morgan fingerprint density at radius 1 is 1.24 bits per heavy atom. The molecule has 1 amide bonds. The first-order valence-corrected chi connectivity index (χ1v) is 10.4. The number of hydrogen-bond acceptors (Lipinski definition) is 2. The van der Waals surface area contributed by atoms with Crippen LogP contribution in [0.4, 0.5) is 0 Å². The van der Waals surface area contributed by atoms with Gasteiger partial charge in [-0.3, -0.25) is 4.79 Å². The number of nitriles is 1. The Morgan fingerprint density at radius 2 is 1.97 bits per heavy atom. The average molecular weight is 450 g/mol. The summed E-state index contributed by atoms with van der Waals surface area (Å²) in [6, 6.07) is 18.1. The quantitative estimate of drug-likeness (QED) is 0.343. The van der Waals surface area contributed by atoms with Crippen LogP contribution in [0.2, 0.25) is 0 Å². The van der Waals surface area contributed by atoms with Gasteiger partial charge in [0.1, 0.15) is 11.8 Å². The zero-order valence-corrected chi connectivity index (χ0v) is 18.2. The Morgan fingerprint density at radius 3 is 2.69 bits per heavy atom. The molecule has 0 aliphatic heterocycles. The van der Waals surface area contributed by atoms with Crippen molar-refractivity contribution in [2.75, 3.05) is 6.54 Å². The average Bonchev–Trinajstić information content (AvgIpc) is 3.00. The summed E-state index contributed by atoms with van der Waals surface area (Å²) in [7, 11) is 1.87. The summed E-state index contributed by atoms with van der Waals surface area (Å²) in [5, 5.41) is 10.6. The molecule has 0 unspecified atom stereocenters. The molecule has 0 spiro atoms. The summed E-state index contributed by atoms with van der Waals surface area (Å²) in [4.78, 5) is 15.2. The van der Waals surface area contributed by atoms with E-state index < -0.39 is 0 Å². The highest BCUT2D eigenvalue weighted by atomic mass is 79.9. The molecule has 3 aromatic rings. The van der Waals surface area contributed by atoms with Crippen LogP contribution in [0.25, 0.3) is 10.9 Å². The number of fused-ring (bicyclic) bond motifs is 1. The maximum atomic E-state index is 13.3. The normalized spacial score (nSPS) is 10.7. The number of halogens is 1. The van der Waals surface area contributed by atoms with Crippen LogP contribution in [0.5, 0.6) is 0 Å². The SMILES string of the molecule is C=CCCCN(Cc1ccccc1Br)C(=O)Cc1c(C#N)n(C)c2ccccc12. The van der Waals surface area contributed by atoms with Crippen LogP contribution < -0.4 is 0 Å². The topological polar surface area (TPSA) is 49.0 Å². The predicted octanol–water partition coefficient (Wildman–Crippen LogP) is 5.35. The smallest absolute Gasteiger partial charge is 0.227 e. The van der Waals surface area contributed by atoms with Gasteiger partial charge in [0.15, 0.2) is 0 Å². The second kappa shape index (κ2) is 9.58. The Balaban J connectivity index is 1.90. The zero-order chi connectivity index (χ0) is 20.8. The molecular weight excluding hydrogens is 426 g/mol. The van der Waals surface area contributed by atoms with E-state index in [0.717, 1.165) is 39.3 Å². The first kappa shape index (κ1) is 20.9. The molecule has 1 aromatic heterocycles. The lowest BCUT2D eigenvalue weighted by atomic mass is 10.1. The first-order chi connectivity index (χ1) is 14.1. The number of aromatic nitrogens is 1. The molecule has 29 heavy (non-hydrogen) atoms. The van der Waals surface area contributed by atoms with E-state index in [1.54, 1.807) is 0 Å². The fourth-order valence-corrected chi connectivity index (χ4v) is 4.02. The van der Waals surface area contributed by atoms with Crippen LogP contribution in [0.15, 0.2) is 65.7 Å². The lowest BCUT2D eigenvalue weighted by Crippen LogP contribution is -2.33. The van der Waals surface area contributed by atoms with Crippen molar-refractivity contribution in [3.8, 4) is 6.07 Å². The predicted molar refractivity (Wildman–Crippen MR) is 120 cm³/mol. The maximum absolute atomic E-state index is 13.3. The molecule has 1 heterocycles. The summed E-state index contributed by atoms with van der Waals surface area (Å²) in [5.74, 6) is 0.0256. The van der Waals surface area contributed by atoms with E-state index in [1.165, 1.54) is 0 Å². The summed E-state index contributed by atoms with van der Waals surface area (Å²) >= 11 is 3.58. The van der Waals surface area contributed by atoms with Crippen molar-refractivity contribution in [1.82, 2.24) is 9.47 Å². The third-order valence-corrected chi connectivity index (χ3v) is 5.93. The standard InChI is InChI=1S/C24H24BrN3O/c1-3-4-9-14-28(17-18-10-5-7-12-21(18)25)24(29)15-20-19-11-6-8-13-22(19)27(2)23(20)16-26/h3,5-8,10-13H,1,4,9,14-15,17H2,2H3. The summed E-state index contributed by atoms with van der Waals surface area (Å²) < 4.78 is 2.86. The molecular formula is C24H24BrN3O. The molecule has 0 radical (unpaired) electrons. The lowest BCUT2D eigenvalue weighted by molar-refractivity contribution is -0.131. The minimum Gasteiger partial charge on any atom is -0.338 e. The lowest BCUT2D eigenvalue weighted by Gasteiger charge is -2.23. The monoisotopic (exact) mass is 449 g/mol. The largest absolute Gasteiger partial charge is 0.338 e. The number of nitrogens with zero attached hydrogens (tertiary/aromatic N) is 3. The Labute approximate surface area is 180 Å². The van der Waals surface area contributed by atoms with Gasteiger partial charge < -0.3 is 9.47 Å². The van der Waals surface area contributed by atoms with E-state index in [4.69, 9.17) is 0 Å². The number of rotatable bonds is 8. The van der Waals surface area contributed by atoms with Crippen molar-refractivity contribution in [2.45, 2.75) is 25.8 Å². The van der Waals surface area contributed by atoms with Gasteiger partial charge in [0.25, 0.3) is 0 Å². The summed E-state index contributed by atoms with van der Waals surface area (Å²) in [6.45, 7) is 4.96. The van der Waals surface area contributed by atoms with Crippen LogP contribution >= 0.6 is 15.9 Å². The number of allylic oxidation sites excluding steroid dienone is 1. The third kappa shape index (κ3) is 4.60.